The molecular formula is C18H28O3. The molecule has 3 unspecified atom stereocenters. The summed E-state index contributed by atoms with van der Waals surface area (Å²) < 4.78 is 11.5. The van der Waals surface area contributed by atoms with E-state index in [1.165, 1.54) is 19.3 Å². The summed E-state index contributed by atoms with van der Waals surface area (Å²) in [5.41, 5.74) is 0.821. The van der Waals surface area contributed by atoms with Gasteiger partial charge in [0.15, 0.2) is 0 Å². The van der Waals surface area contributed by atoms with Gasteiger partial charge in [0.05, 0.1) is 19.3 Å². The molecule has 1 aliphatic rings. The van der Waals surface area contributed by atoms with Gasteiger partial charge >= 0.3 is 0 Å². The van der Waals surface area contributed by atoms with Crippen LogP contribution in [0.15, 0.2) is 24.3 Å². The summed E-state index contributed by atoms with van der Waals surface area (Å²) in [7, 11) is 0. The van der Waals surface area contributed by atoms with Gasteiger partial charge in [0.1, 0.15) is 11.9 Å². The van der Waals surface area contributed by atoms with Gasteiger partial charge < -0.3 is 14.6 Å². The molecule has 1 aromatic rings. The Labute approximate surface area is 128 Å². The lowest BCUT2D eigenvalue weighted by Crippen LogP contribution is -2.24. The fraction of sp³-hybridized carbons (Fsp3) is 0.667. The molecule has 1 N–H and O–H groups in total. The minimum atomic E-state index is -0.616. The first kappa shape index (κ1) is 16.3. The van der Waals surface area contributed by atoms with Crippen molar-refractivity contribution in [2.24, 2.45) is 5.92 Å². The monoisotopic (exact) mass is 292 g/mol. The van der Waals surface area contributed by atoms with Crippen LogP contribution >= 0.6 is 0 Å². The molecule has 0 radical (unpaired) electrons. The van der Waals surface area contributed by atoms with Gasteiger partial charge in [-0.25, -0.2) is 0 Å². The summed E-state index contributed by atoms with van der Waals surface area (Å²) in [6.45, 7) is 5.16. The van der Waals surface area contributed by atoms with Crippen molar-refractivity contribution in [3.8, 4) is 5.75 Å². The molecule has 3 heteroatoms. The number of ether oxygens (including phenoxy) is 2. The van der Waals surface area contributed by atoms with Crippen LogP contribution in [0.5, 0.6) is 5.75 Å². The van der Waals surface area contributed by atoms with Gasteiger partial charge in [0, 0.05) is 5.56 Å². The molecule has 118 valence electrons. The lowest BCUT2D eigenvalue weighted by atomic mass is 9.85. The van der Waals surface area contributed by atoms with Crippen LogP contribution in [0.4, 0.5) is 0 Å². The maximum atomic E-state index is 10.4. The minimum Gasteiger partial charge on any atom is -0.493 e. The van der Waals surface area contributed by atoms with E-state index in [0.29, 0.717) is 19.3 Å². The van der Waals surface area contributed by atoms with E-state index >= 15 is 0 Å². The molecular weight excluding hydrogens is 264 g/mol. The van der Waals surface area contributed by atoms with Crippen molar-refractivity contribution in [1.29, 1.82) is 0 Å². The van der Waals surface area contributed by atoms with E-state index in [1.807, 2.05) is 31.2 Å². The Morgan fingerprint density at radius 3 is 2.81 bits per heavy atom. The summed E-state index contributed by atoms with van der Waals surface area (Å²) in [6, 6.07) is 7.66. The van der Waals surface area contributed by atoms with Gasteiger partial charge in [-0.1, -0.05) is 44.4 Å². The maximum absolute atomic E-state index is 10.4. The second-order valence-electron chi connectivity index (χ2n) is 5.88. The first-order valence-electron chi connectivity index (χ1n) is 8.26. The first-order chi connectivity index (χ1) is 10.2. The van der Waals surface area contributed by atoms with Gasteiger partial charge in [0.2, 0.25) is 0 Å². The summed E-state index contributed by atoms with van der Waals surface area (Å²) in [6.07, 6.45) is 5.75. The van der Waals surface area contributed by atoms with Crippen LogP contribution < -0.4 is 4.74 Å². The second-order valence-corrected chi connectivity index (χ2v) is 5.88. The highest BCUT2D eigenvalue weighted by Gasteiger charge is 2.23. The minimum absolute atomic E-state index is 0.303. The number of rotatable bonds is 7. The average Bonchev–Trinajstić information content (AvgIpc) is 2.53. The molecule has 0 spiro atoms. The number of benzene rings is 1. The quantitative estimate of drug-likeness (QED) is 0.822. The van der Waals surface area contributed by atoms with Gasteiger partial charge in [-0.15, -0.1) is 0 Å². The van der Waals surface area contributed by atoms with E-state index in [-0.39, 0.29) is 0 Å². The van der Waals surface area contributed by atoms with E-state index in [1.54, 1.807) is 0 Å². The van der Waals surface area contributed by atoms with E-state index in [2.05, 4.69) is 6.92 Å². The Morgan fingerprint density at radius 1 is 1.24 bits per heavy atom. The Bertz CT molecular complexity index is 419. The van der Waals surface area contributed by atoms with Crippen LogP contribution in [0.25, 0.3) is 0 Å². The molecule has 2 rings (SSSR count). The normalized spacial score (nSPS) is 23.8. The standard InChI is InChI=1S/C18H28O3/c1-3-14-8-7-9-15(12-14)21-13-17(19)16-10-5-6-11-18(16)20-4-2/h5-6,10-11,14-15,17,19H,3-4,7-9,12-13H2,1-2H3. The predicted molar refractivity (Wildman–Crippen MR) is 84.6 cm³/mol. The van der Waals surface area contributed by atoms with Crippen LogP contribution in [0, 0.1) is 5.92 Å². The molecule has 3 nitrogen and oxygen atoms in total. The topological polar surface area (TPSA) is 38.7 Å². The van der Waals surface area contributed by atoms with Crippen molar-refractivity contribution in [2.45, 2.75) is 58.2 Å². The molecule has 0 saturated heterocycles. The van der Waals surface area contributed by atoms with Crippen molar-refractivity contribution in [2.75, 3.05) is 13.2 Å². The highest BCUT2D eigenvalue weighted by Crippen LogP contribution is 2.30. The Kier molecular flexibility index (Phi) is 6.52. The third-order valence-corrected chi connectivity index (χ3v) is 4.38. The highest BCUT2D eigenvalue weighted by molar-refractivity contribution is 5.35. The number of para-hydroxylation sites is 1. The zero-order valence-corrected chi connectivity index (χ0v) is 13.3. The predicted octanol–water partition coefficient (Wildman–Crippen LogP) is 4.10. The summed E-state index contributed by atoms with van der Waals surface area (Å²) >= 11 is 0. The summed E-state index contributed by atoms with van der Waals surface area (Å²) in [5, 5.41) is 10.4. The third-order valence-electron chi connectivity index (χ3n) is 4.38. The molecule has 1 saturated carbocycles. The van der Waals surface area contributed by atoms with Gasteiger partial charge in [-0.05, 0) is 31.7 Å². The SMILES string of the molecule is CCOc1ccccc1C(O)COC1CCCC(CC)C1. The lowest BCUT2D eigenvalue weighted by Gasteiger charge is -2.29. The molecule has 0 aliphatic heterocycles. The van der Waals surface area contributed by atoms with Crippen LogP contribution in [-0.2, 0) is 4.74 Å². The Hall–Kier alpha value is -1.06. The molecule has 0 amide bonds. The molecule has 0 heterocycles. The molecule has 1 aliphatic carbocycles. The third kappa shape index (κ3) is 4.72. The fourth-order valence-corrected chi connectivity index (χ4v) is 3.12. The largest absolute Gasteiger partial charge is 0.493 e. The molecule has 21 heavy (non-hydrogen) atoms. The van der Waals surface area contributed by atoms with Crippen molar-refractivity contribution >= 4 is 0 Å². The van der Waals surface area contributed by atoms with Crippen molar-refractivity contribution in [3.05, 3.63) is 29.8 Å². The first-order valence-corrected chi connectivity index (χ1v) is 8.26. The fourth-order valence-electron chi connectivity index (χ4n) is 3.12. The van der Waals surface area contributed by atoms with E-state index in [9.17, 15) is 5.11 Å². The number of aliphatic hydroxyl groups is 1. The van der Waals surface area contributed by atoms with Crippen LogP contribution in [0.3, 0.4) is 0 Å². The van der Waals surface area contributed by atoms with E-state index in [0.717, 1.165) is 30.1 Å². The van der Waals surface area contributed by atoms with Crippen molar-refractivity contribution in [3.63, 3.8) is 0 Å². The zero-order valence-electron chi connectivity index (χ0n) is 13.3. The van der Waals surface area contributed by atoms with Gasteiger partial charge in [-0.2, -0.15) is 0 Å². The van der Waals surface area contributed by atoms with Gasteiger partial charge in [-0.3, -0.25) is 0 Å². The molecule has 0 bridgehead atoms. The molecule has 0 aromatic heterocycles. The van der Waals surface area contributed by atoms with E-state index < -0.39 is 6.10 Å². The Morgan fingerprint density at radius 2 is 2.05 bits per heavy atom. The maximum Gasteiger partial charge on any atom is 0.125 e. The Balaban J connectivity index is 1.88. The van der Waals surface area contributed by atoms with Gasteiger partial charge in [0.25, 0.3) is 0 Å². The number of hydrogen-bond donors (Lipinski definition) is 1. The molecule has 3 atom stereocenters. The van der Waals surface area contributed by atoms with Crippen molar-refractivity contribution in [1.82, 2.24) is 0 Å². The van der Waals surface area contributed by atoms with Crippen LogP contribution in [0.1, 0.15) is 57.6 Å². The smallest absolute Gasteiger partial charge is 0.125 e. The van der Waals surface area contributed by atoms with Crippen LogP contribution in [-0.4, -0.2) is 24.4 Å². The number of aliphatic hydroxyl groups excluding tert-OH is 1. The summed E-state index contributed by atoms with van der Waals surface area (Å²) in [4.78, 5) is 0. The molecule has 1 aromatic carbocycles. The second kappa shape index (κ2) is 8.40. The summed E-state index contributed by atoms with van der Waals surface area (Å²) in [5.74, 6) is 1.54. The van der Waals surface area contributed by atoms with Crippen LogP contribution in [0.2, 0.25) is 0 Å². The average molecular weight is 292 g/mol. The van der Waals surface area contributed by atoms with Crippen molar-refractivity contribution < 1.29 is 14.6 Å². The number of hydrogen-bond acceptors (Lipinski definition) is 3. The molecule has 1 fully saturated rings. The zero-order chi connectivity index (χ0) is 15.1. The van der Waals surface area contributed by atoms with E-state index in [4.69, 9.17) is 9.47 Å². The highest BCUT2D eigenvalue weighted by atomic mass is 16.5. The lowest BCUT2D eigenvalue weighted by molar-refractivity contribution is -0.0345.